The molecule has 0 bridgehead atoms. The minimum absolute atomic E-state index is 0.198. The van der Waals surface area contributed by atoms with Gasteiger partial charge in [-0.2, -0.15) is 0 Å². The summed E-state index contributed by atoms with van der Waals surface area (Å²) < 4.78 is 10.3. The van der Waals surface area contributed by atoms with Gasteiger partial charge in [0.2, 0.25) is 5.91 Å². The summed E-state index contributed by atoms with van der Waals surface area (Å²) in [7, 11) is 1.26. The third-order valence-corrected chi connectivity index (χ3v) is 4.07. The lowest BCUT2D eigenvalue weighted by Gasteiger charge is -2.19. The maximum absolute atomic E-state index is 12.0. The molecule has 0 spiro atoms. The van der Waals surface area contributed by atoms with Crippen LogP contribution in [-0.4, -0.2) is 41.6 Å². The van der Waals surface area contributed by atoms with Crippen molar-refractivity contribution in [3.8, 4) is 11.1 Å². The number of carbonyl (C=O) groups excluding carboxylic acids is 2. The number of nitrogens with one attached hydrogen (secondary N) is 1. The molecule has 0 aromatic carbocycles. The van der Waals surface area contributed by atoms with Crippen molar-refractivity contribution in [1.29, 1.82) is 0 Å². The van der Waals surface area contributed by atoms with E-state index in [1.54, 1.807) is 24.8 Å². The van der Waals surface area contributed by atoms with Crippen molar-refractivity contribution in [2.75, 3.05) is 13.7 Å². The average molecular weight is 353 g/mol. The molecule has 1 saturated heterocycles. The summed E-state index contributed by atoms with van der Waals surface area (Å²) in [5.74, 6) is -0.944. The number of hydrogen-bond donors (Lipinski definition) is 1. The van der Waals surface area contributed by atoms with Crippen molar-refractivity contribution in [3.05, 3.63) is 60.7 Å². The number of carbonyl (C=O) groups is 2. The van der Waals surface area contributed by atoms with Gasteiger partial charge < -0.3 is 14.8 Å². The molecule has 2 atom stereocenters. The second-order valence-corrected chi connectivity index (χ2v) is 5.80. The van der Waals surface area contributed by atoms with E-state index in [1.165, 1.54) is 7.11 Å². The number of aromatic nitrogens is 2. The molecule has 1 aliphatic rings. The number of amides is 1. The Balaban J connectivity index is 1.73. The third kappa shape index (κ3) is 4.31. The van der Waals surface area contributed by atoms with Gasteiger partial charge in [0.15, 0.2) is 0 Å². The second-order valence-electron chi connectivity index (χ2n) is 5.80. The second kappa shape index (κ2) is 8.35. The first-order valence-electron chi connectivity index (χ1n) is 8.21. The molecule has 1 amide bonds. The van der Waals surface area contributed by atoms with Crippen LogP contribution < -0.4 is 5.32 Å². The molecule has 2 aromatic rings. The number of rotatable bonds is 5. The van der Waals surface area contributed by atoms with Crippen molar-refractivity contribution in [2.45, 2.75) is 18.6 Å². The molecule has 3 heterocycles. The van der Waals surface area contributed by atoms with Gasteiger partial charge in [-0.3, -0.25) is 14.8 Å². The van der Waals surface area contributed by atoms with Crippen LogP contribution in [0.25, 0.3) is 11.1 Å². The van der Waals surface area contributed by atoms with E-state index in [0.717, 1.165) is 28.8 Å². The Hall–Kier alpha value is -3.06. The molecule has 1 aliphatic heterocycles. The maximum Gasteiger partial charge on any atom is 0.330 e. The van der Waals surface area contributed by atoms with Crippen molar-refractivity contribution in [1.82, 2.24) is 15.3 Å². The van der Waals surface area contributed by atoms with Gasteiger partial charge in [0.1, 0.15) is 6.10 Å². The average Bonchev–Trinajstić information content (AvgIpc) is 3.15. The fourth-order valence-electron chi connectivity index (χ4n) is 2.81. The summed E-state index contributed by atoms with van der Waals surface area (Å²) >= 11 is 0. The van der Waals surface area contributed by atoms with Crippen LogP contribution in [0.15, 0.2) is 55.1 Å². The lowest BCUT2D eigenvalue weighted by atomic mass is 10.0. The molecule has 134 valence electrons. The summed E-state index contributed by atoms with van der Waals surface area (Å²) in [4.78, 5) is 31.5. The molecule has 0 unspecified atom stereocenters. The summed E-state index contributed by atoms with van der Waals surface area (Å²) in [6.07, 6.45) is 9.62. The molecular weight excluding hydrogens is 334 g/mol. The number of esters is 1. The predicted molar refractivity (Wildman–Crippen MR) is 93.9 cm³/mol. The molecule has 1 N–H and O–H groups in total. The third-order valence-electron chi connectivity index (χ3n) is 4.07. The Labute approximate surface area is 151 Å². The smallest absolute Gasteiger partial charge is 0.330 e. The van der Waals surface area contributed by atoms with Crippen molar-refractivity contribution in [3.63, 3.8) is 0 Å². The highest BCUT2D eigenvalue weighted by atomic mass is 16.5. The number of pyridine rings is 2. The lowest BCUT2D eigenvalue weighted by Crippen LogP contribution is -2.35. The zero-order valence-electron chi connectivity index (χ0n) is 14.3. The van der Waals surface area contributed by atoms with Crippen LogP contribution in [0.4, 0.5) is 0 Å². The fraction of sp³-hybridized carbons (Fsp3) is 0.263. The quantitative estimate of drug-likeness (QED) is 0.651. The molecule has 26 heavy (non-hydrogen) atoms. The largest absolute Gasteiger partial charge is 0.466 e. The SMILES string of the molecule is COC(=O)/C=C/C(=O)N[C@@H]1CCO[C@H]1c1cncc(-c2cccnc2)c1. The van der Waals surface area contributed by atoms with Crippen LogP contribution in [0, 0.1) is 0 Å². The van der Waals surface area contributed by atoms with Crippen molar-refractivity contribution in [2.24, 2.45) is 0 Å². The molecular formula is C19H19N3O4. The van der Waals surface area contributed by atoms with Crippen LogP contribution in [0.5, 0.6) is 0 Å². The van der Waals surface area contributed by atoms with Gasteiger partial charge in [-0.1, -0.05) is 6.07 Å². The summed E-state index contributed by atoms with van der Waals surface area (Å²) in [5, 5.41) is 2.87. The molecule has 7 heteroatoms. The topological polar surface area (TPSA) is 90.4 Å². The summed E-state index contributed by atoms with van der Waals surface area (Å²) in [6.45, 7) is 0.535. The zero-order valence-corrected chi connectivity index (χ0v) is 14.3. The van der Waals surface area contributed by atoms with Gasteiger partial charge in [0.05, 0.1) is 13.2 Å². The highest BCUT2D eigenvalue weighted by Crippen LogP contribution is 2.31. The first-order chi connectivity index (χ1) is 12.7. The number of nitrogens with zero attached hydrogens (tertiary/aromatic N) is 2. The Morgan fingerprint density at radius 2 is 2.08 bits per heavy atom. The number of ether oxygens (including phenoxy) is 2. The monoisotopic (exact) mass is 353 g/mol. The van der Waals surface area contributed by atoms with Crippen LogP contribution in [0.1, 0.15) is 18.1 Å². The first-order valence-corrected chi connectivity index (χ1v) is 8.21. The normalized spacial score (nSPS) is 19.4. The van der Waals surface area contributed by atoms with Crippen molar-refractivity contribution < 1.29 is 19.1 Å². The summed E-state index contributed by atoms with van der Waals surface area (Å²) in [5.41, 5.74) is 2.77. The van der Waals surface area contributed by atoms with E-state index in [4.69, 9.17) is 4.74 Å². The van der Waals surface area contributed by atoms with Crippen LogP contribution in [0.3, 0.4) is 0 Å². The number of hydrogen-bond acceptors (Lipinski definition) is 6. The van der Waals surface area contributed by atoms with Crippen molar-refractivity contribution >= 4 is 11.9 Å². The van der Waals surface area contributed by atoms with Gasteiger partial charge in [0, 0.05) is 60.2 Å². The molecule has 0 saturated carbocycles. The molecule has 1 fully saturated rings. The number of methoxy groups -OCH3 is 1. The van der Waals surface area contributed by atoms with Crippen LogP contribution >= 0.6 is 0 Å². The first kappa shape index (κ1) is 17.8. The predicted octanol–water partition coefficient (Wildman–Crippen LogP) is 1.82. The Morgan fingerprint density at radius 1 is 1.23 bits per heavy atom. The Bertz CT molecular complexity index is 807. The van der Waals surface area contributed by atoms with E-state index in [2.05, 4.69) is 20.0 Å². The van der Waals surface area contributed by atoms with Crippen LogP contribution in [0.2, 0.25) is 0 Å². The van der Waals surface area contributed by atoms with E-state index in [-0.39, 0.29) is 18.1 Å². The van der Waals surface area contributed by atoms with Gasteiger partial charge in [-0.05, 0) is 18.6 Å². The van der Waals surface area contributed by atoms with E-state index < -0.39 is 5.97 Å². The van der Waals surface area contributed by atoms with Gasteiger partial charge >= 0.3 is 5.97 Å². The van der Waals surface area contributed by atoms with E-state index >= 15 is 0 Å². The van der Waals surface area contributed by atoms with E-state index in [0.29, 0.717) is 13.0 Å². The van der Waals surface area contributed by atoms with Gasteiger partial charge in [-0.25, -0.2) is 4.79 Å². The molecule has 0 radical (unpaired) electrons. The van der Waals surface area contributed by atoms with Gasteiger partial charge in [0.25, 0.3) is 0 Å². The molecule has 0 aliphatic carbocycles. The summed E-state index contributed by atoms with van der Waals surface area (Å²) in [6, 6.07) is 5.62. The molecule has 3 rings (SSSR count). The Kier molecular flexibility index (Phi) is 5.70. The van der Waals surface area contributed by atoms with Gasteiger partial charge in [-0.15, -0.1) is 0 Å². The Morgan fingerprint density at radius 3 is 2.85 bits per heavy atom. The maximum atomic E-state index is 12.0. The highest BCUT2D eigenvalue weighted by Gasteiger charge is 2.31. The highest BCUT2D eigenvalue weighted by molar-refractivity contribution is 5.94. The fourth-order valence-corrected chi connectivity index (χ4v) is 2.81. The zero-order chi connectivity index (χ0) is 18.4. The van der Waals surface area contributed by atoms with Crippen LogP contribution in [-0.2, 0) is 19.1 Å². The van der Waals surface area contributed by atoms with E-state index in [9.17, 15) is 9.59 Å². The molecule has 7 nitrogen and oxygen atoms in total. The minimum atomic E-state index is -0.576. The minimum Gasteiger partial charge on any atom is -0.466 e. The molecule has 2 aromatic heterocycles. The lowest BCUT2D eigenvalue weighted by molar-refractivity contribution is -0.135. The standard InChI is InChI=1S/C19H19N3O4/c1-25-18(24)5-4-17(23)22-16-6-8-26-19(16)15-9-14(11-21-12-15)13-3-2-7-20-10-13/h2-5,7,9-12,16,19H,6,8H2,1H3,(H,22,23)/b5-4+/t16-,19+/m1/s1. The van der Waals surface area contributed by atoms with E-state index in [1.807, 2.05) is 18.2 Å².